The maximum atomic E-state index is 2.49. The van der Waals surface area contributed by atoms with Crippen LogP contribution in [0.1, 0.15) is 25.0 Å². The van der Waals surface area contributed by atoms with Crippen LogP contribution in [0.25, 0.3) is 121 Å². The van der Waals surface area contributed by atoms with Crippen LogP contribution in [-0.4, -0.2) is 0 Å². The van der Waals surface area contributed by atoms with Crippen LogP contribution in [0, 0.1) is 0 Å². The van der Waals surface area contributed by atoms with Gasteiger partial charge in [0.25, 0.3) is 0 Å². The van der Waals surface area contributed by atoms with E-state index in [1.54, 1.807) is 0 Å². The number of fused-ring (bicyclic) bond motifs is 17. The quantitative estimate of drug-likeness (QED) is 0.150. The van der Waals surface area contributed by atoms with E-state index in [0.717, 1.165) is 17.1 Å². The van der Waals surface area contributed by atoms with Crippen molar-refractivity contribution >= 4 is 49.4 Å². The minimum Gasteiger partial charge on any atom is -0.310 e. The van der Waals surface area contributed by atoms with Crippen molar-refractivity contribution in [1.29, 1.82) is 0 Å². The molecule has 0 unspecified atom stereocenters. The molecule has 0 fully saturated rings. The highest BCUT2D eigenvalue weighted by Gasteiger charge is 2.36. The minimum atomic E-state index is -0.0643. The zero-order valence-corrected chi connectivity index (χ0v) is 42.4. The lowest BCUT2D eigenvalue weighted by atomic mass is 9.81. The van der Waals surface area contributed by atoms with E-state index in [1.165, 1.54) is 132 Å². The first-order chi connectivity index (χ1) is 37.4. The fourth-order valence-electron chi connectivity index (χ4n) is 12.9. The molecule has 356 valence electrons. The molecule has 1 heteroatoms. The molecule has 1 nitrogen and oxygen atoms in total. The summed E-state index contributed by atoms with van der Waals surface area (Å²) in [6.45, 7) is 4.75. The maximum absolute atomic E-state index is 2.49. The van der Waals surface area contributed by atoms with Crippen molar-refractivity contribution in [3.63, 3.8) is 0 Å². The molecule has 0 saturated carbocycles. The van der Waals surface area contributed by atoms with Gasteiger partial charge in [-0.1, -0.05) is 232 Å². The van der Waals surface area contributed by atoms with E-state index in [1.807, 2.05) is 0 Å². The molecule has 0 spiro atoms. The van der Waals surface area contributed by atoms with Crippen LogP contribution < -0.4 is 4.90 Å². The van der Waals surface area contributed by atoms with Gasteiger partial charge in [0.15, 0.2) is 0 Å². The van der Waals surface area contributed by atoms with Gasteiger partial charge in [-0.05, 0) is 187 Å². The Morgan fingerprint density at radius 1 is 0.211 bits per heavy atom. The van der Waals surface area contributed by atoms with Crippen LogP contribution in [0.5, 0.6) is 0 Å². The van der Waals surface area contributed by atoms with E-state index in [9.17, 15) is 0 Å². The van der Waals surface area contributed by atoms with Crippen LogP contribution in [0.3, 0.4) is 0 Å². The van der Waals surface area contributed by atoms with Crippen molar-refractivity contribution in [3.8, 4) is 89.0 Å². The van der Waals surface area contributed by atoms with Gasteiger partial charge in [-0.2, -0.15) is 0 Å². The predicted octanol–water partition coefficient (Wildman–Crippen LogP) is 20.9. The van der Waals surface area contributed by atoms with E-state index in [4.69, 9.17) is 0 Å². The van der Waals surface area contributed by atoms with Gasteiger partial charge in [0, 0.05) is 22.5 Å². The molecule has 0 amide bonds. The molecule has 0 N–H and O–H groups in total. The molecule has 0 radical (unpaired) electrons. The molecule has 13 aromatic rings. The fourth-order valence-corrected chi connectivity index (χ4v) is 12.9. The Labute approximate surface area is 444 Å². The highest BCUT2D eigenvalue weighted by atomic mass is 15.1. The van der Waals surface area contributed by atoms with Crippen LogP contribution in [0.2, 0.25) is 0 Å². The summed E-state index contributed by atoms with van der Waals surface area (Å²) in [6, 6.07) is 101. The van der Waals surface area contributed by atoms with Crippen molar-refractivity contribution in [3.05, 3.63) is 284 Å². The Morgan fingerprint density at radius 3 is 1.13 bits per heavy atom. The molecule has 2 aliphatic rings. The highest BCUT2D eigenvalue weighted by molar-refractivity contribution is 6.26. The summed E-state index contributed by atoms with van der Waals surface area (Å²) in [6.07, 6.45) is 0. The monoisotopic (exact) mass is 965 g/mol. The Morgan fingerprint density at radius 2 is 0.579 bits per heavy atom. The number of nitrogens with zero attached hydrogens (tertiary/aromatic N) is 1. The summed E-state index contributed by atoms with van der Waals surface area (Å²) in [4.78, 5) is 2.41. The SMILES string of the molecule is CC1(C)c2ccccc2-c2cc3c4ccccc4c4cc(-c5ccc(-c6ccc(N(c7ccc(-c8ccccc8)cc7)c7ccc8c(c7)-c7ccccc7-c7ccccc7-c7ccccc7-8)cc6)cc5)ccc4c3cc21. The molecule has 15 rings (SSSR count). The summed E-state index contributed by atoms with van der Waals surface area (Å²) in [5, 5.41) is 7.81. The van der Waals surface area contributed by atoms with E-state index in [-0.39, 0.29) is 5.41 Å². The normalized spacial score (nSPS) is 12.7. The van der Waals surface area contributed by atoms with Crippen molar-refractivity contribution in [1.82, 2.24) is 0 Å². The summed E-state index contributed by atoms with van der Waals surface area (Å²) in [5.74, 6) is 0. The first-order valence-electron chi connectivity index (χ1n) is 26.6. The summed E-state index contributed by atoms with van der Waals surface area (Å²) < 4.78 is 0. The minimum absolute atomic E-state index is 0.0643. The second-order valence-corrected chi connectivity index (χ2v) is 21.2. The Kier molecular flexibility index (Phi) is 9.99. The zero-order valence-electron chi connectivity index (χ0n) is 42.4. The lowest BCUT2D eigenvalue weighted by molar-refractivity contribution is 0.661. The first-order valence-corrected chi connectivity index (χ1v) is 26.6. The lowest BCUT2D eigenvalue weighted by Crippen LogP contribution is -2.14. The van der Waals surface area contributed by atoms with Crippen molar-refractivity contribution in [2.75, 3.05) is 4.90 Å². The van der Waals surface area contributed by atoms with E-state index in [0.29, 0.717) is 0 Å². The molecule has 0 bridgehead atoms. The van der Waals surface area contributed by atoms with Gasteiger partial charge in [-0.15, -0.1) is 0 Å². The van der Waals surface area contributed by atoms with Crippen LogP contribution in [-0.2, 0) is 5.41 Å². The molecule has 76 heavy (non-hydrogen) atoms. The largest absolute Gasteiger partial charge is 0.310 e. The molecule has 0 atom stereocenters. The number of anilines is 3. The Bertz CT molecular complexity index is 4440. The molecule has 13 aromatic carbocycles. The van der Waals surface area contributed by atoms with Crippen molar-refractivity contribution in [2.45, 2.75) is 19.3 Å². The Hall–Kier alpha value is -9.56. The molecule has 2 aliphatic carbocycles. The van der Waals surface area contributed by atoms with Crippen molar-refractivity contribution < 1.29 is 0 Å². The van der Waals surface area contributed by atoms with Gasteiger partial charge in [0.05, 0.1) is 0 Å². The number of rotatable bonds is 6. The molecule has 0 saturated heterocycles. The fraction of sp³-hybridized carbons (Fsp3) is 0.0400. The van der Waals surface area contributed by atoms with Crippen LogP contribution in [0.15, 0.2) is 273 Å². The van der Waals surface area contributed by atoms with Gasteiger partial charge in [-0.3, -0.25) is 0 Å². The van der Waals surface area contributed by atoms with E-state index >= 15 is 0 Å². The maximum Gasteiger partial charge on any atom is 0.0468 e. The molecule has 0 aliphatic heterocycles. The molecule has 0 heterocycles. The van der Waals surface area contributed by atoms with Gasteiger partial charge < -0.3 is 4.90 Å². The lowest BCUT2D eigenvalue weighted by Gasteiger charge is -2.28. The number of hydrogen-bond donors (Lipinski definition) is 0. The molecule has 0 aromatic heterocycles. The summed E-state index contributed by atoms with van der Waals surface area (Å²) in [7, 11) is 0. The van der Waals surface area contributed by atoms with Gasteiger partial charge >= 0.3 is 0 Å². The van der Waals surface area contributed by atoms with E-state index in [2.05, 4.69) is 292 Å². The van der Waals surface area contributed by atoms with Gasteiger partial charge in [0.1, 0.15) is 0 Å². The average Bonchev–Trinajstić information content (AvgIpc) is 3.71. The van der Waals surface area contributed by atoms with Crippen LogP contribution in [0.4, 0.5) is 17.1 Å². The van der Waals surface area contributed by atoms with Crippen molar-refractivity contribution in [2.24, 2.45) is 0 Å². The zero-order chi connectivity index (χ0) is 50.5. The Balaban J connectivity index is 0.802. The smallest absolute Gasteiger partial charge is 0.0468 e. The number of hydrogen-bond acceptors (Lipinski definition) is 1. The molecular weight excluding hydrogens is 915 g/mol. The van der Waals surface area contributed by atoms with Crippen LogP contribution >= 0.6 is 0 Å². The van der Waals surface area contributed by atoms with E-state index < -0.39 is 0 Å². The summed E-state index contributed by atoms with van der Waals surface area (Å²) in [5.41, 5.74) is 25.8. The van der Waals surface area contributed by atoms with Gasteiger partial charge in [-0.25, -0.2) is 0 Å². The third-order valence-electron chi connectivity index (χ3n) is 16.7. The highest BCUT2D eigenvalue weighted by Crippen LogP contribution is 2.53. The number of benzene rings is 13. The average molecular weight is 966 g/mol. The molecular formula is C75H51N. The third-order valence-corrected chi connectivity index (χ3v) is 16.7. The second kappa shape index (κ2) is 17.3. The third kappa shape index (κ3) is 6.93. The van der Waals surface area contributed by atoms with Gasteiger partial charge in [0.2, 0.25) is 0 Å². The summed E-state index contributed by atoms with van der Waals surface area (Å²) >= 11 is 0. The predicted molar refractivity (Wildman–Crippen MR) is 323 cm³/mol. The standard InChI is InChI=1S/C75H51N/c1-75(2)73-27-15-14-26-67(73)72-46-70-64-25-13-12-24-63(64)68-44-53(36-42-66(68)71(70)47-74(72)75)52-30-28-49(29-31-52)51-34-39-55(40-35-51)76(54-37-32-50(33-38-54)48-16-4-3-5-17-48)56-41-43-65-61-22-9-8-20-59(61)57-18-6-7-19-58(57)60-21-10-11-23-62(60)69(65)45-56/h3-47H,1-2H3. The second-order valence-electron chi connectivity index (χ2n) is 21.2. The topological polar surface area (TPSA) is 3.24 Å². The first kappa shape index (κ1) is 44.0.